The van der Waals surface area contributed by atoms with E-state index in [1.54, 1.807) is 97.9 Å². The van der Waals surface area contributed by atoms with E-state index in [-0.39, 0.29) is 40.0 Å². The van der Waals surface area contributed by atoms with Crippen molar-refractivity contribution >= 4 is 46.6 Å². The van der Waals surface area contributed by atoms with Gasteiger partial charge in [0.1, 0.15) is 18.2 Å². The Morgan fingerprint density at radius 1 is 0.867 bits per heavy atom. The van der Waals surface area contributed by atoms with Gasteiger partial charge in [0.15, 0.2) is 28.7 Å². The number of rotatable bonds is 8. The topological polar surface area (TPSA) is 158 Å². The number of nitrogen functional groups attached to an aromatic ring is 1. The molecule has 2 N–H and O–H groups in total. The molecule has 0 radical (unpaired) electrons. The van der Waals surface area contributed by atoms with Gasteiger partial charge in [0.05, 0.1) is 23.0 Å². The molecule has 228 valence electrons. The SMILES string of the molecule is C[C@]1(OC(=O)c2ccccc2)C(OC(=O)c2ccccc2)[C@@H](COC(=O)c2ccccc2)OC1n1cnc2c(Cl)nc(N)nc21. The van der Waals surface area contributed by atoms with Gasteiger partial charge in [0, 0.05) is 0 Å². The van der Waals surface area contributed by atoms with Gasteiger partial charge in [-0.1, -0.05) is 66.2 Å². The van der Waals surface area contributed by atoms with Gasteiger partial charge in [-0.05, 0) is 43.3 Å². The van der Waals surface area contributed by atoms with Crippen LogP contribution in [0, 0.1) is 0 Å². The molecule has 1 fully saturated rings. The third-order valence-corrected chi connectivity index (χ3v) is 7.56. The number of nitrogens with zero attached hydrogens (tertiary/aromatic N) is 4. The number of carbonyl (C=O) groups excluding carboxylic acids is 3. The van der Waals surface area contributed by atoms with Crippen LogP contribution in [0.3, 0.4) is 0 Å². The zero-order chi connectivity index (χ0) is 31.6. The average Bonchev–Trinajstić information content (AvgIpc) is 3.59. The monoisotopic (exact) mass is 627 g/mol. The molecule has 0 bridgehead atoms. The zero-order valence-electron chi connectivity index (χ0n) is 23.8. The van der Waals surface area contributed by atoms with Crippen molar-refractivity contribution in [1.29, 1.82) is 0 Å². The molecule has 2 aromatic heterocycles. The van der Waals surface area contributed by atoms with E-state index in [1.165, 1.54) is 10.9 Å². The van der Waals surface area contributed by atoms with Gasteiger partial charge in [-0.2, -0.15) is 9.97 Å². The van der Waals surface area contributed by atoms with Gasteiger partial charge < -0.3 is 24.7 Å². The minimum Gasteiger partial charge on any atom is -0.459 e. The normalized spacial score (nSPS) is 20.9. The van der Waals surface area contributed by atoms with Crippen LogP contribution in [0.2, 0.25) is 5.15 Å². The fraction of sp³-hybridized carbons (Fsp3) is 0.188. The van der Waals surface area contributed by atoms with Crippen molar-refractivity contribution in [2.45, 2.75) is 31.0 Å². The van der Waals surface area contributed by atoms with Crippen LogP contribution in [0.15, 0.2) is 97.3 Å². The van der Waals surface area contributed by atoms with Gasteiger partial charge in [-0.3, -0.25) is 4.57 Å². The van der Waals surface area contributed by atoms with E-state index in [4.69, 9.17) is 36.3 Å². The van der Waals surface area contributed by atoms with Crippen LogP contribution < -0.4 is 5.73 Å². The predicted molar refractivity (Wildman–Crippen MR) is 161 cm³/mol. The molecule has 0 saturated carbocycles. The van der Waals surface area contributed by atoms with Gasteiger partial charge in [-0.25, -0.2) is 19.4 Å². The van der Waals surface area contributed by atoms with Gasteiger partial charge in [0.25, 0.3) is 0 Å². The highest BCUT2D eigenvalue weighted by Gasteiger charge is 2.60. The molecule has 4 atom stereocenters. The molecule has 45 heavy (non-hydrogen) atoms. The Balaban J connectivity index is 1.43. The number of hydrogen-bond acceptors (Lipinski definition) is 11. The first-order valence-corrected chi connectivity index (χ1v) is 14.2. The quantitative estimate of drug-likeness (QED) is 0.145. The average molecular weight is 628 g/mol. The second kappa shape index (κ2) is 12.3. The second-order valence-electron chi connectivity index (χ2n) is 10.3. The van der Waals surface area contributed by atoms with Crippen molar-refractivity contribution in [2.24, 2.45) is 0 Å². The molecule has 5 aromatic rings. The molecule has 0 amide bonds. The first kappa shape index (κ1) is 29.7. The molecule has 13 heteroatoms. The molecular formula is C32H26ClN5O7. The van der Waals surface area contributed by atoms with E-state index in [0.29, 0.717) is 5.56 Å². The van der Waals surface area contributed by atoms with E-state index in [1.807, 2.05) is 0 Å². The molecule has 2 unspecified atom stereocenters. The standard InChI is InChI=1S/C32H26ClN5O7/c1-32(45-29(41)21-15-9-4-10-16-21)24(44-28(40)20-13-7-3-8-14-20)22(17-42-27(39)19-11-5-2-6-12-19)43-30(32)38-18-35-23-25(33)36-31(34)37-26(23)38/h2-16,18,22,24,30H,17H2,1H3,(H2,34,36,37)/t22-,24?,30?,32+/m1/s1. The van der Waals surface area contributed by atoms with Crippen molar-refractivity contribution in [1.82, 2.24) is 19.5 Å². The fourth-order valence-electron chi connectivity index (χ4n) is 5.13. The summed E-state index contributed by atoms with van der Waals surface area (Å²) < 4.78 is 25.7. The largest absolute Gasteiger partial charge is 0.459 e. The Morgan fingerprint density at radius 2 is 1.42 bits per heavy atom. The van der Waals surface area contributed by atoms with E-state index >= 15 is 0 Å². The van der Waals surface area contributed by atoms with E-state index in [9.17, 15) is 14.4 Å². The maximum atomic E-state index is 13.6. The van der Waals surface area contributed by atoms with Crippen molar-refractivity contribution in [3.63, 3.8) is 0 Å². The van der Waals surface area contributed by atoms with Crippen molar-refractivity contribution < 1.29 is 33.3 Å². The van der Waals surface area contributed by atoms with Crippen LogP contribution in [0.25, 0.3) is 11.2 Å². The fourth-order valence-corrected chi connectivity index (χ4v) is 5.35. The highest BCUT2D eigenvalue weighted by Crippen LogP contribution is 2.45. The Bertz CT molecular complexity index is 1860. The predicted octanol–water partition coefficient (Wildman–Crippen LogP) is 4.66. The summed E-state index contributed by atoms with van der Waals surface area (Å²) in [5.74, 6) is -2.18. The number of imidazole rings is 1. The molecule has 3 heterocycles. The van der Waals surface area contributed by atoms with Crippen LogP contribution in [0.4, 0.5) is 5.95 Å². The molecule has 0 aliphatic carbocycles. The summed E-state index contributed by atoms with van der Waals surface area (Å²) in [5.41, 5.74) is 5.35. The highest BCUT2D eigenvalue weighted by molar-refractivity contribution is 6.33. The van der Waals surface area contributed by atoms with E-state index in [2.05, 4.69) is 15.0 Å². The number of aromatic nitrogens is 4. The molecule has 1 aliphatic rings. The number of hydrogen-bond donors (Lipinski definition) is 1. The lowest BCUT2D eigenvalue weighted by molar-refractivity contribution is -0.108. The number of esters is 3. The first-order valence-electron chi connectivity index (χ1n) is 13.8. The summed E-state index contributed by atoms with van der Waals surface area (Å²) in [6.45, 7) is 1.19. The smallest absolute Gasteiger partial charge is 0.338 e. The van der Waals surface area contributed by atoms with Gasteiger partial charge >= 0.3 is 17.9 Å². The lowest BCUT2D eigenvalue weighted by Gasteiger charge is -2.34. The second-order valence-corrected chi connectivity index (χ2v) is 10.7. The number of carbonyl (C=O) groups is 3. The lowest BCUT2D eigenvalue weighted by Crippen LogP contribution is -2.50. The molecule has 1 saturated heterocycles. The van der Waals surface area contributed by atoms with Gasteiger partial charge in [-0.15, -0.1) is 0 Å². The van der Waals surface area contributed by atoms with Crippen LogP contribution in [-0.2, 0) is 18.9 Å². The molecule has 12 nitrogen and oxygen atoms in total. The first-order chi connectivity index (χ1) is 21.7. The van der Waals surface area contributed by atoms with E-state index < -0.39 is 41.9 Å². The summed E-state index contributed by atoms with van der Waals surface area (Å²) in [4.78, 5) is 52.5. The summed E-state index contributed by atoms with van der Waals surface area (Å²) in [6, 6.07) is 25.0. The summed E-state index contributed by atoms with van der Waals surface area (Å²) in [5, 5.41) is -0.00220. The molecule has 6 rings (SSSR count). The Labute approximate surface area is 261 Å². The number of anilines is 1. The van der Waals surface area contributed by atoms with Crippen LogP contribution in [-0.4, -0.2) is 61.8 Å². The lowest BCUT2D eigenvalue weighted by atomic mass is 9.95. The Morgan fingerprint density at radius 3 is 2.02 bits per heavy atom. The highest BCUT2D eigenvalue weighted by atomic mass is 35.5. The number of nitrogens with two attached hydrogens (primary N) is 1. The van der Waals surface area contributed by atoms with Crippen molar-refractivity contribution in [3.05, 3.63) is 119 Å². The minimum absolute atomic E-state index is 0.00220. The number of fused-ring (bicyclic) bond motifs is 1. The van der Waals surface area contributed by atoms with E-state index in [0.717, 1.165) is 0 Å². The number of ether oxygens (including phenoxy) is 4. The number of benzene rings is 3. The molecule has 0 spiro atoms. The third-order valence-electron chi connectivity index (χ3n) is 7.30. The van der Waals surface area contributed by atoms with Gasteiger partial charge in [0.2, 0.25) is 5.95 Å². The third kappa shape index (κ3) is 5.93. The number of halogens is 1. The minimum atomic E-state index is -1.74. The summed E-state index contributed by atoms with van der Waals surface area (Å²) in [6.07, 6.45) is -2.25. The zero-order valence-corrected chi connectivity index (χ0v) is 24.5. The van der Waals surface area contributed by atoms with Crippen LogP contribution in [0.1, 0.15) is 44.2 Å². The van der Waals surface area contributed by atoms with Crippen LogP contribution >= 0.6 is 11.6 Å². The Kier molecular flexibility index (Phi) is 8.16. The maximum Gasteiger partial charge on any atom is 0.338 e. The summed E-state index contributed by atoms with van der Waals surface area (Å²) >= 11 is 6.29. The van der Waals surface area contributed by atoms with Crippen molar-refractivity contribution in [3.8, 4) is 0 Å². The maximum absolute atomic E-state index is 13.6. The Hall–Kier alpha value is -5.33. The molecular weight excluding hydrogens is 602 g/mol. The summed E-state index contributed by atoms with van der Waals surface area (Å²) in [7, 11) is 0. The molecule has 1 aliphatic heterocycles. The van der Waals surface area contributed by atoms with Crippen molar-refractivity contribution in [2.75, 3.05) is 12.3 Å². The molecule has 3 aromatic carbocycles. The van der Waals surface area contributed by atoms with Crippen LogP contribution in [0.5, 0.6) is 0 Å².